The zero-order valence-electron chi connectivity index (χ0n) is 10.5. The Balaban J connectivity index is 2.31. The van der Waals surface area contributed by atoms with Crippen molar-refractivity contribution in [3.63, 3.8) is 0 Å². The van der Waals surface area contributed by atoms with E-state index < -0.39 is 0 Å². The van der Waals surface area contributed by atoms with Gasteiger partial charge in [0.2, 0.25) is 5.91 Å². The van der Waals surface area contributed by atoms with Crippen LogP contribution in [0.25, 0.3) is 0 Å². The van der Waals surface area contributed by atoms with Crippen LogP contribution >= 0.6 is 0 Å². The summed E-state index contributed by atoms with van der Waals surface area (Å²) in [6, 6.07) is 6.60. The number of carbonyl (C=O) groups is 1. The van der Waals surface area contributed by atoms with Crippen molar-refractivity contribution in [1.29, 1.82) is 0 Å². The number of hydrogen-bond donors (Lipinski definition) is 0. The highest BCUT2D eigenvalue weighted by atomic mass is 16.2. The first-order valence-electron chi connectivity index (χ1n) is 5.76. The molecule has 1 aromatic rings. The lowest BCUT2D eigenvalue weighted by molar-refractivity contribution is -0.129. The fourth-order valence-corrected chi connectivity index (χ4v) is 2.08. The minimum absolute atomic E-state index is 0.161. The normalized spacial score (nSPS) is 15.1. The summed E-state index contributed by atoms with van der Waals surface area (Å²) >= 11 is 0. The molecule has 1 aromatic carbocycles. The molecule has 2 nitrogen and oxygen atoms in total. The first-order chi connectivity index (χ1) is 7.38. The average molecular weight is 217 g/mol. The van der Waals surface area contributed by atoms with Gasteiger partial charge in [-0.1, -0.05) is 39.0 Å². The van der Waals surface area contributed by atoms with Crippen LogP contribution in [0.2, 0.25) is 0 Å². The van der Waals surface area contributed by atoms with Crippen molar-refractivity contribution in [2.75, 3.05) is 0 Å². The third-order valence-corrected chi connectivity index (χ3v) is 3.24. The molecule has 0 radical (unpaired) electrons. The highest BCUT2D eigenvalue weighted by Gasteiger charge is 2.23. The number of nitrogens with zero attached hydrogens (tertiary/aromatic N) is 1. The molecule has 0 saturated heterocycles. The molecule has 0 aromatic heterocycles. The van der Waals surface area contributed by atoms with Gasteiger partial charge in [-0.15, -0.1) is 0 Å². The zero-order valence-corrected chi connectivity index (χ0v) is 10.5. The fourth-order valence-electron chi connectivity index (χ4n) is 2.08. The minimum Gasteiger partial charge on any atom is -0.334 e. The van der Waals surface area contributed by atoms with Crippen LogP contribution < -0.4 is 0 Å². The maximum atomic E-state index is 11.3. The molecule has 1 aliphatic rings. The Labute approximate surface area is 97.3 Å². The predicted molar refractivity (Wildman–Crippen MR) is 65.1 cm³/mol. The molecule has 2 heteroatoms. The van der Waals surface area contributed by atoms with E-state index in [1.165, 1.54) is 16.7 Å². The van der Waals surface area contributed by atoms with Gasteiger partial charge in [0, 0.05) is 20.0 Å². The summed E-state index contributed by atoms with van der Waals surface area (Å²) in [5.41, 5.74) is 4.13. The zero-order chi connectivity index (χ0) is 11.9. The van der Waals surface area contributed by atoms with Crippen LogP contribution in [0, 0.1) is 0 Å². The van der Waals surface area contributed by atoms with E-state index in [0.717, 1.165) is 13.1 Å². The molecule has 0 spiro atoms. The van der Waals surface area contributed by atoms with Crippen molar-refractivity contribution < 1.29 is 4.79 Å². The molecule has 0 bridgehead atoms. The molecular formula is C14H19NO. The van der Waals surface area contributed by atoms with Crippen LogP contribution in [0.3, 0.4) is 0 Å². The van der Waals surface area contributed by atoms with Crippen molar-refractivity contribution in [2.45, 2.75) is 46.2 Å². The molecule has 0 atom stereocenters. The molecular weight excluding hydrogens is 198 g/mol. The van der Waals surface area contributed by atoms with Crippen LogP contribution in [0.15, 0.2) is 18.2 Å². The van der Waals surface area contributed by atoms with Crippen LogP contribution in [0.1, 0.15) is 44.4 Å². The van der Waals surface area contributed by atoms with Crippen molar-refractivity contribution in [3.8, 4) is 0 Å². The Bertz CT molecular complexity index is 429. The summed E-state index contributed by atoms with van der Waals surface area (Å²) in [6.45, 7) is 9.82. The SMILES string of the molecule is CC(=O)N1Cc2ccc(C(C)(C)C)cc2C1. The van der Waals surface area contributed by atoms with E-state index in [9.17, 15) is 4.79 Å². The molecule has 2 rings (SSSR count). The maximum absolute atomic E-state index is 11.3. The number of carbonyl (C=O) groups excluding carboxylic acids is 1. The van der Waals surface area contributed by atoms with Crippen LogP contribution in [0.4, 0.5) is 0 Å². The Morgan fingerprint density at radius 3 is 2.38 bits per heavy atom. The summed E-state index contributed by atoms with van der Waals surface area (Å²) in [4.78, 5) is 13.2. The molecule has 86 valence electrons. The van der Waals surface area contributed by atoms with Gasteiger partial charge in [-0.3, -0.25) is 4.79 Å². The summed E-state index contributed by atoms with van der Waals surface area (Å²) in [7, 11) is 0. The van der Waals surface area contributed by atoms with E-state index in [4.69, 9.17) is 0 Å². The van der Waals surface area contributed by atoms with Gasteiger partial charge in [0.1, 0.15) is 0 Å². The van der Waals surface area contributed by atoms with Crippen molar-refractivity contribution in [1.82, 2.24) is 4.90 Å². The quantitative estimate of drug-likeness (QED) is 0.654. The Morgan fingerprint density at radius 2 is 1.81 bits per heavy atom. The van der Waals surface area contributed by atoms with Gasteiger partial charge in [-0.05, 0) is 22.1 Å². The molecule has 1 aliphatic heterocycles. The summed E-state index contributed by atoms with van der Waals surface area (Å²) in [6.07, 6.45) is 0. The minimum atomic E-state index is 0.161. The van der Waals surface area contributed by atoms with Crippen LogP contribution in [0.5, 0.6) is 0 Å². The lowest BCUT2D eigenvalue weighted by Gasteiger charge is -2.19. The van der Waals surface area contributed by atoms with Crippen molar-refractivity contribution in [2.24, 2.45) is 0 Å². The van der Waals surface area contributed by atoms with E-state index in [2.05, 4.69) is 39.0 Å². The van der Waals surface area contributed by atoms with Crippen molar-refractivity contribution >= 4 is 5.91 Å². The largest absolute Gasteiger partial charge is 0.334 e. The van der Waals surface area contributed by atoms with Gasteiger partial charge in [-0.25, -0.2) is 0 Å². The summed E-state index contributed by atoms with van der Waals surface area (Å²) in [5.74, 6) is 0.161. The number of benzene rings is 1. The van der Waals surface area contributed by atoms with Gasteiger partial charge in [0.25, 0.3) is 0 Å². The van der Waals surface area contributed by atoms with Gasteiger partial charge < -0.3 is 4.90 Å². The van der Waals surface area contributed by atoms with Crippen LogP contribution in [-0.4, -0.2) is 10.8 Å². The highest BCUT2D eigenvalue weighted by molar-refractivity contribution is 5.74. The van der Waals surface area contributed by atoms with E-state index in [0.29, 0.717) is 0 Å². The standard InChI is InChI=1S/C14H19NO/c1-10(16)15-8-11-5-6-13(14(2,3)4)7-12(11)9-15/h5-7H,8-9H2,1-4H3. The number of hydrogen-bond acceptors (Lipinski definition) is 1. The molecule has 1 heterocycles. The lowest BCUT2D eigenvalue weighted by Crippen LogP contribution is -2.21. The number of rotatable bonds is 0. The van der Waals surface area contributed by atoms with Gasteiger partial charge >= 0.3 is 0 Å². The molecule has 16 heavy (non-hydrogen) atoms. The second kappa shape index (κ2) is 3.62. The van der Waals surface area contributed by atoms with Gasteiger partial charge in [0.15, 0.2) is 0 Å². The number of amides is 1. The topological polar surface area (TPSA) is 20.3 Å². The second-order valence-electron chi connectivity index (χ2n) is 5.61. The summed E-state index contributed by atoms with van der Waals surface area (Å²) in [5, 5.41) is 0. The van der Waals surface area contributed by atoms with Gasteiger partial charge in [0.05, 0.1) is 0 Å². The summed E-state index contributed by atoms with van der Waals surface area (Å²) < 4.78 is 0. The van der Waals surface area contributed by atoms with E-state index in [1.54, 1.807) is 6.92 Å². The fraction of sp³-hybridized carbons (Fsp3) is 0.500. The van der Waals surface area contributed by atoms with E-state index in [1.807, 2.05) is 4.90 Å². The first-order valence-corrected chi connectivity index (χ1v) is 5.76. The third-order valence-electron chi connectivity index (χ3n) is 3.24. The molecule has 0 aliphatic carbocycles. The third kappa shape index (κ3) is 1.97. The van der Waals surface area contributed by atoms with Crippen LogP contribution in [-0.2, 0) is 23.3 Å². The molecule has 0 N–H and O–H groups in total. The molecule has 0 unspecified atom stereocenters. The Kier molecular flexibility index (Phi) is 2.53. The molecule has 0 fully saturated rings. The average Bonchev–Trinajstić information content (AvgIpc) is 2.58. The molecule has 1 amide bonds. The Morgan fingerprint density at radius 1 is 1.19 bits per heavy atom. The van der Waals surface area contributed by atoms with E-state index in [-0.39, 0.29) is 11.3 Å². The highest BCUT2D eigenvalue weighted by Crippen LogP contribution is 2.29. The first kappa shape index (κ1) is 11.2. The molecule has 0 saturated carbocycles. The second-order valence-corrected chi connectivity index (χ2v) is 5.61. The monoisotopic (exact) mass is 217 g/mol. The number of fused-ring (bicyclic) bond motifs is 1. The maximum Gasteiger partial charge on any atom is 0.220 e. The van der Waals surface area contributed by atoms with Gasteiger partial charge in [-0.2, -0.15) is 0 Å². The van der Waals surface area contributed by atoms with E-state index >= 15 is 0 Å². The lowest BCUT2D eigenvalue weighted by atomic mass is 9.85. The van der Waals surface area contributed by atoms with Crippen molar-refractivity contribution in [3.05, 3.63) is 34.9 Å². The smallest absolute Gasteiger partial charge is 0.220 e. The Hall–Kier alpha value is -1.31. The predicted octanol–water partition coefficient (Wildman–Crippen LogP) is 2.85.